The van der Waals surface area contributed by atoms with E-state index in [-0.39, 0.29) is 32.0 Å². The summed E-state index contributed by atoms with van der Waals surface area (Å²) in [7, 11) is 0. The molecule has 1 fully saturated rings. The summed E-state index contributed by atoms with van der Waals surface area (Å²) >= 11 is 23.4. The van der Waals surface area contributed by atoms with Crippen LogP contribution >= 0.6 is 46.4 Å². The lowest BCUT2D eigenvalue weighted by Gasteiger charge is -2.23. The fourth-order valence-electron chi connectivity index (χ4n) is 1.73. The number of nitrogens with zero attached hydrogens (tertiary/aromatic N) is 1. The van der Waals surface area contributed by atoms with E-state index in [1.165, 1.54) is 0 Å². The number of halogens is 4. The van der Waals surface area contributed by atoms with Gasteiger partial charge in [0.1, 0.15) is 10.8 Å². The summed E-state index contributed by atoms with van der Waals surface area (Å²) in [6, 6.07) is 0.0346. The molecule has 1 aromatic heterocycles. The molecule has 1 aliphatic heterocycles. The van der Waals surface area contributed by atoms with Gasteiger partial charge in [-0.25, -0.2) is 4.98 Å². The highest BCUT2D eigenvalue weighted by molar-refractivity contribution is 6.52. The second kappa shape index (κ2) is 6.46. The number of ether oxygens (including phenoxy) is 1. The maximum Gasteiger partial charge on any atom is 0.271 e. The van der Waals surface area contributed by atoms with Gasteiger partial charge in [0.25, 0.3) is 5.91 Å². The largest absolute Gasteiger partial charge is 0.381 e. The summed E-state index contributed by atoms with van der Waals surface area (Å²) in [4.78, 5) is 16.0. The number of hydrogen-bond donors (Lipinski definition) is 1. The molecular weight excluding hydrogens is 334 g/mol. The van der Waals surface area contributed by atoms with Gasteiger partial charge in [-0.2, -0.15) is 0 Å². The summed E-state index contributed by atoms with van der Waals surface area (Å²) < 4.78 is 5.21. The fourth-order valence-corrected chi connectivity index (χ4v) is 2.55. The molecule has 0 spiro atoms. The van der Waals surface area contributed by atoms with Crippen molar-refractivity contribution in [1.82, 2.24) is 10.3 Å². The molecule has 0 saturated carbocycles. The lowest BCUT2D eigenvalue weighted by atomic mass is 10.1. The van der Waals surface area contributed by atoms with Crippen molar-refractivity contribution >= 4 is 52.3 Å². The van der Waals surface area contributed by atoms with Gasteiger partial charge in [-0.05, 0) is 12.8 Å². The van der Waals surface area contributed by atoms with E-state index in [9.17, 15) is 4.79 Å². The van der Waals surface area contributed by atoms with Crippen LogP contribution in [0.25, 0.3) is 0 Å². The number of pyridine rings is 1. The average molecular weight is 344 g/mol. The molecule has 0 unspecified atom stereocenters. The van der Waals surface area contributed by atoms with E-state index in [0.717, 1.165) is 12.8 Å². The molecule has 1 aliphatic rings. The van der Waals surface area contributed by atoms with Crippen LogP contribution < -0.4 is 5.32 Å². The number of carbonyl (C=O) groups is 1. The highest BCUT2D eigenvalue weighted by Crippen LogP contribution is 2.36. The van der Waals surface area contributed by atoms with Crippen LogP contribution in [0.3, 0.4) is 0 Å². The van der Waals surface area contributed by atoms with Crippen LogP contribution in [0.4, 0.5) is 0 Å². The third kappa shape index (κ3) is 3.44. The van der Waals surface area contributed by atoms with E-state index in [1.807, 2.05) is 0 Å². The summed E-state index contributed by atoms with van der Waals surface area (Å²) in [5.41, 5.74) is -0.0208. The van der Waals surface area contributed by atoms with Gasteiger partial charge in [0.2, 0.25) is 0 Å². The predicted octanol–water partition coefficient (Wildman–Crippen LogP) is 3.60. The van der Waals surface area contributed by atoms with Crippen molar-refractivity contribution in [3.05, 3.63) is 25.9 Å². The lowest BCUT2D eigenvalue weighted by molar-refractivity contribution is 0.0694. The smallest absolute Gasteiger partial charge is 0.271 e. The molecular formula is C11H10Cl4N2O2. The normalized spacial score (nSPS) is 16.4. The van der Waals surface area contributed by atoms with Crippen LogP contribution in [-0.4, -0.2) is 30.1 Å². The minimum absolute atomic E-state index is 0.000580. The third-order valence-corrected chi connectivity index (χ3v) is 4.43. The van der Waals surface area contributed by atoms with Gasteiger partial charge in [-0.3, -0.25) is 4.79 Å². The zero-order chi connectivity index (χ0) is 14.0. The van der Waals surface area contributed by atoms with Crippen molar-refractivity contribution in [2.24, 2.45) is 0 Å². The molecule has 0 aromatic carbocycles. The standard InChI is InChI=1S/C11H10Cl4N2O2/c12-6-7(13)9(17-10(15)8(6)14)11(18)16-5-1-3-19-4-2-5/h5H,1-4H2,(H,16,18). The number of aromatic nitrogens is 1. The van der Waals surface area contributed by atoms with Gasteiger partial charge in [-0.1, -0.05) is 46.4 Å². The molecule has 0 radical (unpaired) electrons. The SMILES string of the molecule is O=C(NC1CCOCC1)c1nc(Cl)c(Cl)c(Cl)c1Cl. The van der Waals surface area contributed by atoms with E-state index in [0.29, 0.717) is 13.2 Å². The molecule has 0 bridgehead atoms. The summed E-state index contributed by atoms with van der Waals surface area (Å²) in [6.45, 7) is 1.24. The van der Waals surface area contributed by atoms with Gasteiger partial charge in [0.05, 0.1) is 15.1 Å². The molecule has 1 N–H and O–H groups in total. The quantitative estimate of drug-likeness (QED) is 0.834. The Kier molecular flexibility index (Phi) is 5.15. The Morgan fingerprint density at radius 2 is 1.74 bits per heavy atom. The van der Waals surface area contributed by atoms with Crippen molar-refractivity contribution in [3.8, 4) is 0 Å². The van der Waals surface area contributed by atoms with E-state index in [2.05, 4.69) is 10.3 Å². The van der Waals surface area contributed by atoms with Crippen LogP contribution in [0.15, 0.2) is 0 Å². The lowest BCUT2D eigenvalue weighted by Crippen LogP contribution is -2.39. The second-order valence-corrected chi connectivity index (χ2v) is 5.55. The molecule has 4 nitrogen and oxygen atoms in total. The van der Waals surface area contributed by atoms with Gasteiger partial charge >= 0.3 is 0 Å². The first-order chi connectivity index (χ1) is 9.00. The first-order valence-electron chi connectivity index (χ1n) is 5.59. The number of rotatable bonds is 2. The van der Waals surface area contributed by atoms with Crippen LogP contribution in [0.2, 0.25) is 20.2 Å². The van der Waals surface area contributed by atoms with Crippen molar-refractivity contribution < 1.29 is 9.53 Å². The number of carbonyl (C=O) groups excluding carboxylic acids is 1. The van der Waals surface area contributed by atoms with Crippen LogP contribution in [0, 0.1) is 0 Å². The minimum Gasteiger partial charge on any atom is -0.381 e. The van der Waals surface area contributed by atoms with Crippen LogP contribution in [0.1, 0.15) is 23.3 Å². The van der Waals surface area contributed by atoms with Gasteiger partial charge in [0, 0.05) is 19.3 Å². The van der Waals surface area contributed by atoms with E-state index in [1.54, 1.807) is 0 Å². The van der Waals surface area contributed by atoms with Crippen molar-refractivity contribution in [3.63, 3.8) is 0 Å². The maximum absolute atomic E-state index is 12.1. The Bertz CT molecular complexity index is 504. The van der Waals surface area contributed by atoms with Gasteiger partial charge in [0.15, 0.2) is 0 Å². The Balaban J connectivity index is 2.19. The number of amides is 1. The number of hydrogen-bond acceptors (Lipinski definition) is 3. The maximum atomic E-state index is 12.1. The molecule has 1 saturated heterocycles. The molecule has 19 heavy (non-hydrogen) atoms. The summed E-state index contributed by atoms with van der Waals surface area (Å²) in [6.07, 6.45) is 1.50. The van der Waals surface area contributed by atoms with E-state index < -0.39 is 5.91 Å². The Morgan fingerprint density at radius 3 is 2.37 bits per heavy atom. The molecule has 0 atom stereocenters. The second-order valence-electron chi connectivity index (χ2n) is 4.05. The van der Waals surface area contributed by atoms with E-state index in [4.69, 9.17) is 51.1 Å². The zero-order valence-electron chi connectivity index (χ0n) is 9.68. The third-order valence-electron chi connectivity index (χ3n) is 2.76. The Labute approximate surface area is 130 Å². The van der Waals surface area contributed by atoms with Gasteiger partial charge < -0.3 is 10.1 Å². The van der Waals surface area contributed by atoms with Crippen molar-refractivity contribution in [1.29, 1.82) is 0 Å². The molecule has 2 heterocycles. The predicted molar refractivity (Wildman–Crippen MR) is 75.6 cm³/mol. The highest BCUT2D eigenvalue weighted by Gasteiger charge is 2.23. The Hall–Kier alpha value is -0.260. The average Bonchev–Trinajstić information content (AvgIpc) is 2.41. The van der Waals surface area contributed by atoms with E-state index >= 15 is 0 Å². The molecule has 8 heteroatoms. The summed E-state index contributed by atoms with van der Waals surface area (Å²) in [5, 5.41) is 2.84. The monoisotopic (exact) mass is 342 g/mol. The summed E-state index contributed by atoms with van der Waals surface area (Å²) in [5.74, 6) is -0.419. The first-order valence-corrected chi connectivity index (χ1v) is 7.10. The molecule has 2 rings (SSSR count). The fraction of sp³-hybridized carbons (Fsp3) is 0.455. The zero-order valence-corrected chi connectivity index (χ0v) is 12.7. The molecule has 1 amide bonds. The van der Waals surface area contributed by atoms with Crippen LogP contribution in [0.5, 0.6) is 0 Å². The minimum atomic E-state index is -0.419. The topological polar surface area (TPSA) is 51.2 Å². The first kappa shape index (κ1) is 15.1. The molecule has 1 aromatic rings. The number of nitrogens with one attached hydrogen (secondary N) is 1. The molecule has 0 aliphatic carbocycles. The van der Waals surface area contributed by atoms with Crippen molar-refractivity contribution in [2.45, 2.75) is 18.9 Å². The molecule has 104 valence electrons. The van der Waals surface area contributed by atoms with Gasteiger partial charge in [-0.15, -0.1) is 0 Å². The van der Waals surface area contributed by atoms with Crippen molar-refractivity contribution in [2.75, 3.05) is 13.2 Å². The van der Waals surface area contributed by atoms with Crippen LogP contribution in [-0.2, 0) is 4.74 Å². The Morgan fingerprint density at radius 1 is 1.11 bits per heavy atom. The highest BCUT2D eigenvalue weighted by atomic mass is 35.5.